The number of sulfonamides is 1. The fourth-order valence-electron chi connectivity index (χ4n) is 2.93. The lowest BCUT2D eigenvalue weighted by molar-refractivity contribution is -0.114. The first kappa shape index (κ1) is 17.6. The molecule has 2 aromatic rings. The molecule has 1 atom stereocenters. The van der Waals surface area contributed by atoms with E-state index in [0.29, 0.717) is 17.2 Å². The Bertz CT molecular complexity index is 875. The molecule has 0 bridgehead atoms. The number of hydrogen-bond acceptors (Lipinski definition) is 3. The van der Waals surface area contributed by atoms with Gasteiger partial charge in [0, 0.05) is 18.7 Å². The number of benzene rings is 2. The first-order valence-corrected chi connectivity index (χ1v) is 9.80. The van der Waals surface area contributed by atoms with Crippen LogP contribution in [0.5, 0.6) is 0 Å². The zero-order chi connectivity index (χ0) is 18.0. The Morgan fingerprint density at radius 1 is 1.12 bits per heavy atom. The van der Waals surface area contributed by atoms with Crippen LogP contribution in [0.25, 0.3) is 0 Å². The first-order valence-electron chi connectivity index (χ1n) is 8.32. The quantitative estimate of drug-likeness (QED) is 0.831. The molecule has 5 nitrogen and oxygen atoms in total. The molecular weight excluding hydrogens is 336 g/mol. The van der Waals surface area contributed by atoms with Gasteiger partial charge in [-0.15, -0.1) is 0 Å². The number of amides is 1. The van der Waals surface area contributed by atoms with Crippen molar-refractivity contribution in [1.29, 1.82) is 0 Å². The summed E-state index contributed by atoms with van der Waals surface area (Å²) in [6.45, 7) is 3.14. The van der Waals surface area contributed by atoms with Crippen LogP contribution in [0.1, 0.15) is 36.9 Å². The third-order valence-corrected chi connectivity index (χ3v) is 5.92. The molecule has 1 unspecified atom stereocenters. The fraction of sp³-hybridized carbons (Fsp3) is 0.316. The van der Waals surface area contributed by atoms with E-state index in [1.165, 1.54) is 13.0 Å². The molecule has 0 aliphatic heterocycles. The van der Waals surface area contributed by atoms with Crippen molar-refractivity contribution in [1.82, 2.24) is 4.72 Å². The Morgan fingerprint density at radius 3 is 2.40 bits per heavy atom. The number of rotatable bonds is 6. The minimum atomic E-state index is -3.70. The summed E-state index contributed by atoms with van der Waals surface area (Å²) in [5.41, 5.74) is 2.09. The van der Waals surface area contributed by atoms with Crippen LogP contribution in [0.15, 0.2) is 53.4 Å². The number of hydrogen-bond donors (Lipinski definition) is 2. The first-order chi connectivity index (χ1) is 11.9. The van der Waals surface area contributed by atoms with E-state index in [1.807, 2.05) is 30.3 Å². The maximum atomic E-state index is 13.0. The summed E-state index contributed by atoms with van der Waals surface area (Å²) >= 11 is 0. The Morgan fingerprint density at radius 2 is 1.80 bits per heavy atom. The molecule has 2 N–H and O–H groups in total. The highest BCUT2D eigenvalue weighted by Crippen LogP contribution is 2.41. The number of nitrogens with one attached hydrogen (secondary N) is 2. The SMILES string of the molecule is CC(=O)Nc1ccc(C)c(S(=O)(=O)NC(c2ccccc2)C2CC2)c1. The summed E-state index contributed by atoms with van der Waals surface area (Å²) in [4.78, 5) is 11.4. The van der Waals surface area contributed by atoms with Crippen LogP contribution in [0, 0.1) is 12.8 Å². The molecule has 1 amide bonds. The number of carbonyl (C=O) groups is 1. The second-order valence-corrected chi connectivity index (χ2v) is 8.19. The van der Waals surface area contributed by atoms with E-state index >= 15 is 0 Å². The lowest BCUT2D eigenvalue weighted by Gasteiger charge is -2.20. The van der Waals surface area contributed by atoms with E-state index in [2.05, 4.69) is 10.0 Å². The van der Waals surface area contributed by atoms with E-state index in [1.54, 1.807) is 19.1 Å². The van der Waals surface area contributed by atoms with Crippen LogP contribution in [0.2, 0.25) is 0 Å². The van der Waals surface area contributed by atoms with Gasteiger partial charge in [-0.2, -0.15) is 0 Å². The summed E-state index contributed by atoms with van der Waals surface area (Å²) in [6.07, 6.45) is 2.04. The van der Waals surface area contributed by atoms with Crippen molar-refractivity contribution in [3.8, 4) is 0 Å². The molecule has 2 aromatic carbocycles. The monoisotopic (exact) mass is 358 g/mol. The second-order valence-electron chi connectivity index (χ2n) is 6.51. The minimum absolute atomic E-state index is 0.195. The van der Waals surface area contributed by atoms with Gasteiger partial charge in [0.15, 0.2) is 0 Å². The van der Waals surface area contributed by atoms with E-state index in [9.17, 15) is 13.2 Å². The third-order valence-electron chi connectivity index (χ3n) is 4.33. The molecule has 0 heterocycles. The van der Waals surface area contributed by atoms with Crippen LogP contribution >= 0.6 is 0 Å². The Balaban J connectivity index is 1.92. The lowest BCUT2D eigenvalue weighted by atomic mass is 10.0. The van der Waals surface area contributed by atoms with Crippen LogP contribution in [-0.4, -0.2) is 14.3 Å². The Kier molecular flexibility index (Phi) is 4.92. The summed E-state index contributed by atoms with van der Waals surface area (Å²) in [7, 11) is -3.70. The topological polar surface area (TPSA) is 75.3 Å². The van der Waals surface area contributed by atoms with Crippen molar-refractivity contribution in [2.24, 2.45) is 5.92 Å². The molecular formula is C19H22N2O3S. The molecule has 3 rings (SSSR count). The average molecular weight is 358 g/mol. The smallest absolute Gasteiger partial charge is 0.241 e. The summed E-state index contributed by atoms with van der Waals surface area (Å²) in [5.74, 6) is 0.0938. The van der Waals surface area contributed by atoms with Gasteiger partial charge in [0.2, 0.25) is 15.9 Å². The Hall–Kier alpha value is -2.18. The van der Waals surface area contributed by atoms with Gasteiger partial charge in [0.25, 0.3) is 0 Å². The third kappa shape index (κ3) is 4.27. The van der Waals surface area contributed by atoms with Crippen molar-refractivity contribution >= 4 is 21.6 Å². The maximum Gasteiger partial charge on any atom is 0.241 e. The Labute approximate surface area is 148 Å². The molecule has 6 heteroatoms. The highest BCUT2D eigenvalue weighted by Gasteiger charge is 2.35. The van der Waals surface area contributed by atoms with E-state index in [4.69, 9.17) is 0 Å². The van der Waals surface area contributed by atoms with Gasteiger partial charge in [0.05, 0.1) is 4.90 Å². The number of aryl methyl sites for hydroxylation is 1. The van der Waals surface area contributed by atoms with Gasteiger partial charge in [-0.3, -0.25) is 4.79 Å². The number of carbonyl (C=O) groups excluding carboxylic acids is 1. The maximum absolute atomic E-state index is 13.0. The largest absolute Gasteiger partial charge is 0.326 e. The fourth-order valence-corrected chi connectivity index (χ4v) is 4.49. The standard InChI is InChI=1S/C19H22N2O3S/c1-13-8-11-17(20-14(2)22)12-18(13)25(23,24)21-19(16-9-10-16)15-6-4-3-5-7-15/h3-8,11-12,16,19,21H,9-10H2,1-2H3,(H,20,22). The minimum Gasteiger partial charge on any atom is -0.326 e. The molecule has 0 radical (unpaired) electrons. The molecule has 132 valence electrons. The van der Waals surface area contributed by atoms with Crippen molar-refractivity contribution in [2.45, 2.75) is 37.6 Å². The summed E-state index contributed by atoms with van der Waals surface area (Å²) in [6, 6.07) is 14.3. The molecule has 25 heavy (non-hydrogen) atoms. The molecule has 1 saturated carbocycles. The van der Waals surface area contributed by atoms with Gasteiger partial charge >= 0.3 is 0 Å². The van der Waals surface area contributed by atoms with Crippen molar-refractivity contribution in [3.63, 3.8) is 0 Å². The molecule has 1 fully saturated rings. The van der Waals surface area contributed by atoms with Crippen LogP contribution < -0.4 is 10.0 Å². The van der Waals surface area contributed by atoms with Gasteiger partial charge in [-0.25, -0.2) is 13.1 Å². The molecule has 0 aromatic heterocycles. The molecule has 1 aliphatic carbocycles. The van der Waals surface area contributed by atoms with Crippen LogP contribution in [-0.2, 0) is 14.8 Å². The average Bonchev–Trinajstić information content (AvgIpc) is 3.39. The summed E-state index contributed by atoms with van der Waals surface area (Å²) < 4.78 is 28.8. The molecule has 0 spiro atoms. The van der Waals surface area contributed by atoms with Gasteiger partial charge in [-0.1, -0.05) is 36.4 Å². The van der Waals surface area contributed by atoms with Crippen LogP contribution in [0.4, 0.5) is 5.69 Å². The highest BCUT2D eigenvalue weighted by atomic mass is 32.2. The van der Waals surface area contributed by atoms with E-state index < -0.39 is 10.0 Å². The normalized spacial score (nSPS) is 15.6. The lowest BCUT2D eigenvalue weighted by Crippen LogP contribution is -2.30. The van der Waals surface area contributed by atoms with E-state index in [0.717, 1.165) is 18.4 Å². The van der Waals surface area contributed by atoms with E-state index in [-0.39, 0.29) is 16.8 Å². The van der Waals surface area contributed by atoms with Crippen LogP contribution in [0.3, 0.4) is 0 Å². The molecule has 0 saturated heterocycles. The van der Waals surface area contributed by atoms with Gasteiger partial charge in [-0.05, 0) is 48.9 Å². The van der Waals surface area contributed by atoms with Crippen molar-refractivity contribution in [3.05, 3.63) is 59.7 Å². The number of anilines is 1. The summed E-state index contributed by atoms with van der Waals surface area (Å²) in [5, 5.41) is 2.63. The van der Waals surface area contributed by atoms with Crippen molar-refractivity contribution < 1.29 is 13.2 Å². The predicted molar refractivity (Wildman–Crippen MR) is 97.7 cm³/mol. The second kappa shape index (κ2) is 6.98. The zero-order valence-electron chi connectivity index (χ0n) is 14.3. The van der Waals surface area contributed by atoms with Gasteiger partial charge < -0.3 is 5.32 Å². The van der Waals surface area contributed by atoms with Crippen molar-refractivity contribution in [2.75, 3.05) is 5.32 Å². The van der Waals surface area contributed by atoms with Gasteiger partial charge in [0.1, 0.15) is 0 Å². The molecule has 1 aliphatic rings. The predicted octanol–water partition coefficient (Wildman–Crippen LogP) is 3.38. The zero-order valence-corrected chi connectivity index (χ0v) is 15.1. The highest BCUT2D eigenvalue weighted by molar-refractivity contribution is 7.89.